The first kappa shape index (κ1) is 10.4. The molecule has 0 aromatic carbocycles. The lowest BCUT2D eigenvalue weighted by Gasteiger charge is -1.95. The number of rotatable bonds is 4. The lowest BCUT2D eigenvalue weighted by Crippen LogP contribution is -1.81. The summed E-state index contributed by atoms with van der Waals surface area (Å²) in [4.78, 5) is 4.12. The molecule has 0 saturated heterocycles. The van der Waals surface area contributed by atoms with Crippen molar-refractivity contribution in [2.45, 2.75) is 24.0 Å². The third-order valence-electron chi connectivity index (χ3n) is 1.44. The minimum absolute atomic E-state index is 0.625. The maximum absolute atomic E-state index is 8.33. The Kier molecular flexibility index (Phi) is 4.06. The molecule has 3 nitrogen and oxygen atoms in total. The Bertz CT molecular complexity index is 314. The van der Waals surface area contributed by atoms with Crippen LogP contribution in [-0.4, -0.2) is 10.7 Å². The maximum Gasteiger partial charge on any atom is 0.181 e. The third kappa shape index (κ3) is 3.25. The number of anilines is 1. The number of hydrogen-bond donors (Lipinski definition) is 1. The SMILES string of the molecule is Cc1nc(N)sc1SCCCC#N. The van der Waals surface area contributed by atoms with Crippen LogP contribution >= 0.6 is 23.1 Å². The van der Waals surface area contributed by atoms with Crippen LogP contribution in [-0.2, 0) is 0 Å². The molecule has 1 rings (SSSR count). The minimum Gasteiger partial charge on any atom is -0.375 e. The van der Waals surface area contributed by atoms with Gasteiger partial charge in [-0.2, -0.15) is 5.26 Å². The molecule has 0 aliphatic rings. The van der Waals surface area contributed by atoms with E-state index in [-0.39, 0.29) is 0 Å². The van der Waals surface area contributed by atoms with E-state index in [0.717, 1.165) is 17.9 Å². The summed E-state index contributed by atoms with van der Waals surface area (Å²) in [6.45, 7) is 1.96. The molecule has 1 aromatic heterocycles. The average molecular weight is 213 g/mol. The van der Waals surface area contributed by atoms with Gasteiger partial charge in [0.05, 0.1) is 16.0 Å². The Balaban J connectivity index is 2.37. The van der Waals surface area contributed by atoms with E-state index in [1.165, 1.54) is 15.5 Å². The second-order valence-electron chi connectivity index (χ2n) is 2.54. The van der Waals surface area contributed by atoms with Crippen molar-refractivity contribution in [2.24, 2.45) is 0 Å². The Hall–Kier alpha value is -0.730. The summed E-state index contributed by atoms with van der Waals surface area (Å²) in [7, 11) is 0. The van der Waals surface area contributed by atoms with Crippen molar-refractivity contribution in [3.05, 3.63) is 5.69 Å². The fraction of sp³-hybridized carbons (Fsp3) is 0.500. The minimum atomic E-state index is 0.625. The topological polar surface area (TPSA) is 62.7 Å². The van der Waals surface area contributed by atoms with E-state index in [0.29, 0.717) is 11.6 Å². The third-order valence-corrected chi connectivity index (χ3v) is 3.87. The number of aromatic nitrogens is 1. The molecular weight excluding hydrogens is 202 g/mol. The van der Waals surface area contributed by atoms with Gasteiger partial charge >= 0.3 is 0 Å². The largest absolute Gasteiger partial charge is 0.375 e. The zero-order valence-electron chi connectivity index (χ0n) is 7.41. The summed E-state index contributed by atoms with van der Waals surface area (Å²) in [5.41, 5.74) is 6.56. The fourth-order valence-electron chi connectivity index (χ4n) is 0.853. The summed E-state index contributed by atoms with van der Waals surface area (Å²) >= 11 is 3.25. The van der Waals surface area contributed by atoms with Gasteiger partial charge in [-0.25, -0.2) is 4.98 Å². The predicted molar refractivity (Wildman–Crippen MR) is 56.8 cm³/mol. The fourth-order valence-corrected chi connectivity index (χ4v) is 2.89. The molecule has 1 aromatic rings. The van der Waals surface area contributed by atoms with E-state index in [4.69, 9.17) is 11.0 Å². The second-order valence-corrected chi connectivity index (χ2v) is 4.93. The smallest absolute Gasteiger partial charge is 0.181 e. The van der Waals surface area contributed by atoms with E-state index < -0.39 is 0 Å². The zero-order chi connectivity index (χ0) is 9.68. The van der Waals surface area contributed by atoms with Gasteiger partial charge in [0.1, 0.15) is 0 Å². The highest BCUT2D eigenvalue weighted by atomic mass is 32.2. The molecule has 0 aliphatic heterocycles. The van der Waals surface area contributed by atoms with E-state index in [9.17, 15) is 0 Å². The van der Waals surface area contributed by atoms with Crippen LogP contribution in [0.1, 0.15) is 18.5 Å². The lowest BCUT2D eigenvalue weighted by atomic mass is 10.4. The summed E-state index contributed by atoms with van der Waals surface area (Å²) < 4.78 is 1.18. The van der Waals surface area contributed by atoms with Crippen LogP contribution in [0.2, 0.25) is 0 Å². The number of nitrogens with zero attached hydrogens (tertiary/aromatic N) is 2. The number of hydrogen-bond acceptors (Lipinski definition) is 5. The molecule has 0 atom stereocenters. The number of thioether (sulfide) groups is 1. The number of unbranched alkanes of at least 4 members (excludes halogenated alkanes) is 1. The normalized spacial score (nSPS) is 9.85. The van der Waals surface area contributed by atoms with E-state index in [2.05, 4.69) is 11.1 Å². The molecule has 1 heterocycles. The Morgan fingerprint density at radius 1 is 1.69 bits per heavy atom. The molecule has 13 heavy (non-hydrogen) atoms. The van der Waals surface area contributed by atoms with Crippen LogP contribution in [0.3, 0.4) is 0 Å². The Labute approximate surface area is 86.0 Å². The zero-order valence-corrected chi connectivity index (χ0v) is 9.04. The van der Waals surface area contributed by atoms with Gasteiger partial charge in [0.25, 0.3) is 0 Å². The first-order valence-electron chi connectivity index (χ1n) is 3.96. The monoisotopic (exact) mass is 213 g/mol. The van der Waals surface area contributed by atoms with Crippen molar-refractivity contribution in [3.63, 3.8) is 0 Å². The second kappa shape index (κ2) is 5.10. The number of nitriles is 1. The molecule has 70 valence electrons. The number of nitrogen functional groups attached to an aromatic ring is 1. The molecule has 0 spiro atoms. The molecule has 0 bridgehead atoms. The molecule has 0 aliphatic carbocycles. The summed E-state index contributed by atoms with van der Waals surface area (Å²) in [6.07, 6.45) is 1.55. The molecule has 2 N–H and O–H groups in total. The van der Waals surface area contributed by atoms with Crippen molar-refractivity contribution >= 4 is 28.2 Å². The van der Waals surface area contributed by atoms with Gasteiger partial charge in [-0.3, -0.25) is 0 Å². The van der Waals surface area contributed by atoms with Crippen LogP contribution in [0, 0.1) is 18.3 Å². The van der Waals surface area contributed by atoms with Crippen LogP contribution in [0.4, 0.5) is 5.13 Å². The molecule has 0 fully saturated rings. The summed E-state index contributed by atoms with van der Waals surface area (Å²) in [5, 5.41) is 8.96. The van der Waals surface area contributed by atoms with Crippen molar-refractivity contribution in [1.29, 1.82) is 5.26 Å². The van der Waals surface area contributed by atoms with Crippen LogP contribution in [0.25, 0.3) is 0 Å². The predicted octanol–water partition coefficient (Wildman–Crippen LogP) is 2.43. The summed E-state index contributed by atoms with van der Waals surface area (Å²) in [5.74, 6) is 0.968. The number of aryl methyl sites for hydroxylation is 1. The van der Waals surface area contributed by atoms with Crippen molar-refractivity contribution in [3.8, 4) is 6.07 Å². The summed E-state index contributed by atoms with van der Waals surface area (Å²) in [6, 6.07) is 2.12. The number of nitrogens with two attached hydrogens (primary N) is 1. The van der Waals surface area contributed by atoms with E-state index in [1.54, 1.807) is 11.8 Å². The van der Waals surface area contributed by atoms with Crippen LogP contribution in [0.15, 0.2) is 4.21 Å². The molecule has 0 radical (unpaired) electrons. The number of thiazole rings is 1. The van der Waals surface area contributed by atoms with E-state index >= 15 is 0 Å². The quantitative estimate of drug-likeness (QED) is 0.616. The molecule has 0 saturated carbocycles. The maximum atomic E-state index is 8.33. The highest BCUT2D eigenvalue weighted by Gasteiger charge is 2.04. The molecule has 5 heteroatoms. The van der Waals surface area contributed by atoms with Gasteiger partial charge in [0, 0.05) is 6.42 Å². The van der Waals surface area contributed by atoms with Crippen molar-refractivity contribution in [1.82, 2.24) is 4.98 Å². The van der Waals surface area contributed by atoms with E-state index in [1.807, 2.05) is 6.92 Å². The average Bonchev–Trinajstić information content (AvgIpc) is 2.39. The van der Waals surface area contributed by atoms with Gasteiger partial charge in [0.15, 0.2) is 5.13 Å². The first-order valence-corrected chi connectivity index (χ1v) is 5.77. The Morgan fingerprint density at radius 2 is 2.46 bits per heavy atom. The van der Waals surface area contributed by atoms with Crippen molar-refractivity contribution < 1.29 is 0 Å². The van der Waals surface area contributed by atoms with Crippen LogP contribution in [0.5, 0.6) is 0 Å². The highest BCUT2D eigenvalue weighted by Crippen LogP contribution is 2.30. The van der Waals surface area contributed by atoms with Gasteiger partial charge in [-0.1, -0.05) is 11.3 Å². The van der Waals surface area contributed by atoms with Gasteiger partial charge in [-0.15, -0.1) is 11.8 Å². The van der Waals surface area contributed by atoms with Crippen LogP contribution < -0.4 is 5.73 Å². The standard InChI is InChI=1S/C8H11N3S2/c1-6-7(13-8(10)11-6)12-5-3-2-4-9/h2-3,5H2,1H3,(H2,10,11). The van der Waals surface area contributed by atoms with Gasteiger partial charge in [-0.05, 0) is 19.1 Å². The van der Waals surface area contributed by atoms with Crippen molar-refractivity contribution in [2.75, 3.05) is 11.5 Å². The molecule has 0 amide bonds. The lowest BCUT2D eigenvalue weighted by molar-refractivity contribution is 0.981. The molecule has 0 unspecified atom stereocenters. The van der Waals surface area contributed by atoms with Gasteiger partial charge in [0.2, 0.25) is 0 Å². The van der Waals surface area contributed by atoms with Gasteiger partial charge < -0.3 is 5.73 Å². The Morgan fingerprint density at radius 3 is 3.00 bits per heavy atom. The highest BCUT2D eigenvalue weighted by molar-refractivity contribution is 8.01. The molecular formula is C8H11N3S2. The first-order chi connectivity index (χ1) is 6.24.